The minimum Gasteiger partial charge on any atom is -0.378 e. The molecule has 1 aromatic heterocycles. The molecule has 1 N–H and O–H groups in total. The predicted molar refractivity (Wildman–Crippen MR) is 142 cm³/mol. The molecule has 0 aliphatic carbocycles. The summed E-state index contributed by atoms with van der Waals surface area (Å²) in [4.78, 5) is 4.09. The quantitative estimate of drug-likeness (QED) is 0.202. The highest BCUT2D eigenvalue weighted by Gasteiger charge is 2.10. The van der Waals surface area contributed by atoms with E-state index < -0.39 is 10.1 Å². The Kier molecular flexibility index (Phi) is 8.73. The van der Waals surface area contributed by atoms with E-state index in [9.17, 15) is 8.42 Å². The summed E-state index contributed by atoms with van der Waals surface area (Å²) in [6.07, 6.45) is 5.69. The van der Waals surface area contributed by atoms with E-state index in [1.165, 1.54) is 0 Å². The lowest BCUT2D eigenvalue weighted by Crippen LogP contribution is -2.34. The van der Waals surface area contributed by atoms with E-state index in [1.54, 1.807) is 6.21 Å². The van der Waals surface area contributed by atoms with Crippen molar-refractivity contribution in [2.75, 3.05) is 43.7 Å². The summed E-state index contributed by atoms with van der Waals surface area (Å²) in [5.41, 5.74) is 5.70. The summed E-state index contributed by atoms with van der Waals surface area (Å²) in [7, 11) is 4.05. The minimum atomic E-state index is -3.96. The highest BCUT2D eigenvalue weighted by Crippen LogP contribution is 2.19. The van der Waals surface area contributed by atoms with Crippen molar-refractivity contribution >= 4 is 33.4 Å². The average molecular weight is 495 g/mol. The molecular weight excluding hydrogens is 462 g/mol. The Morgan fingerprint density at radius 3 is 1.94 bits per heavy atom. The van der Waals surface area contributed by atoms with E-state index in [4.69, 9.17) is 4.55 Å². The monoisotopic (exact) mass is 494 g/mol. The van der Waals surface area contributed by atoms with E-state index in [0.29, 0.717) is 13.0 Å². The zero-order valence-electron chi connectivity index (χ0n) is 20.5. The summed E-state index contributed by atoms with van der Waals surface area (Å²) < 4.78 is 32.6. The van der Waals surface area contributed by atoms with Crippen molar-refractivity contribution < 1.29 is 17.5 Å². The number of aryl methyl sites for hydroxylation is 1. The second-order valence-corrected chi connectivity index (χ2v) is 10.2. The number of pyridine rings is 1. The molecule has 0 spiro atoms. The van der Waals surface area contributed by atoms with Gasteiger partial charge in [-0.2, -0.15) is 13.5 Å². The number of nitrogens with zero attached hydrogens (tertiary/aromatic N) is 5. The molecule has 9 heteroatoms. The van der Waals surface area contributed by atoms with Gasteiger partial charge in [0.05, 0.1) is 17.5 Å². The van der Waals surface area contributed by atoms with Crippen molar-refractivity contribution in [3.63, 3.8) is 0 Å². The lowest BCUT2D eigenvalue weighted by atomic mass is 10.0. The van der Waals surface area contributed by atoms with Gasteiger partial charge in [-0.05, 0) is 30.3 Å². The number of hydrogen-bond acceptors (Lipinski definition) is 6. The fraction of sp³-hybridized carbons (Fsp3) is 0.269. The van der Waals surface area contributed by atoms with Crippen molar-refractivity contribution in [3.05, 3.63) is 89.7 Å². The van der Waals surface area contributed by atoms with Crippen LogP contribution >= 0.6 is 0 Å². The van der Waals surface area contributed by atoms with Crippen LogP contribution in [0.5, 0.6) is 0 Å². The number of hydrogen-bond donors (Lipinski definition) is 1. The van der Waals surface area contributed by atoms with E-state index in [2.05, 4.69) is 34.5 Å². The van der Waals surface area contributed by atoms with Crippen molar-refractivity contribution in [1.82, 2.24) is 0 Å². The summed E-state index contributed by atoms with van der Waals surface area (Å²) in [6, 6.07) is 20.1. The van der Waals surface area contributed by atoms with Gasteiger partial charge < -0.3 is 9.80 Å². The molecule has 3 rings (SSSR count). The Balaban J connectivity index is 1.87. The summed E-state index contributed by atoms with van der Waals surface area (Å²) in [6.45, 7) is 0.465. The molecule has 0 atom stereocenters. The molecule has 35 heavy (non-hydrogen) atoms. The van der Waals surface area contributed by atoms with Crippen LogP contribution in [0.2, 0.25) is 0 Å². The molecule has 0 fully saturated rings. The van der Waals surface area contributed by atoms with Gasteiger partial charge in [-0.3, -0.25) is 4.55 Å². The number of aromatic nitrogens is 1. The molecule has 3 aromatic rings. The molecule has 1 heterocycles. The van der Waals surface area contributed by atoms with Crippen LogP contribution < -0.4 is 14.4 Å². The van der Waals surface area contributed by atoms with Crippen molar-refractivity contribution in [3.8, 4) is 0 Å². The standard InChI is InChI=1S/C26H31N5O3S/c1-29(2)24-12-8-22(9-13-24)26(23-10-14-25(15-11-23)30(3)4)28-27-19-21-7-5-16-31(20-21)17-6-18-35(32,33)34/h5,7-16,19-20H,6,17-18H2,1-4H3/p+1/b27-19+. The van der Waals surface area contributed by atoms with Crippen molar-refractivity contribution in [1.29, 1.82) is 0 Å². The first-order chi connectivity index (χ1) is 16.6. The van der Waals surface area contributed by atoms with Gasteiger partial charge in [-0.15, -0.1) is 5.10 Å². The van der Waals surface area contributed by atoms with Gasteiger partial charge in [-0.1, -0.05) is 24.3 Å². The molecule has 0 saturated heterocycles. The van der Waals surface area contributed by atoms with Crippen LogP contribution in [0.15, 0.2) is 83.3 Å². The summed E-state index contributed by atoms with van der Waals surface area (Å²) in [5, 5.41) is 8.93. The van der Waals surface area contributed by atoms with Crippen LogP contribution in [0, 0.1) is 0 Å². The van der Waals surface area contributed by atoms with Crippen LogP contribution in [-0.4, -0.2) is 58.8 Å². The normalized spacial score (nSPS) is 11.5. The molecule has 8 nitrogen and oxygen atoms in total. The van der Waals surface area contributed by atoms with E-state index in [0.717, 1.165) is 33.8 Å². The third kappa shape index (κ3) is 8.01. The summed E-state index contributed by atoms with van der Waals surface area (Å²) >= 11 is 0. The third-order valence-corrected chi connectivity index (χ3v) is 6.18. The fourth-order valence-corrected chi connectivity index (χ4v) is 3.95. The minimum absolute atomic E-state index is 0.273. The van der Waals surface area contributed by atoms with Crippen LogP contribution in [0.4, 0.5) is 11.4 Å². The number of anilines is 2. The number of benzene rings is 2. The Morgan fingerprint density at radius 1 is 0.914 bits per heavy atom. The lowest BCUT2D eigenvalue weighted by Gasteiger charge is -2.15. The van der Waals surface area contributed by atoms with Crippen LogP contribution in [0.25, 0.3) is 0 Å². The molecular formula is C26H32N5O3S+. The van der Waals surface area contributed by atoms with Gasteiger partial charge in [0.25, 0.3) is 10.1 Å². The van der Waals surface area contributed by atoms with E-state index in [1.807, 2.05) is 91.3 Å². The van der Waals surface area contributed by atoms with Gasteiger partial charge in [-0.25, -0.2) is 4.57 Å². The smallest absolute Gasteiger partial charge is 0.265 e. The second-order valence-electron chi connectivity index (χ2n) is 8.59. The van der Waals surface area contributed by atoms with Gasteiger partial charge in [0, 0.05) is 63.2 Å². The molecule has 0 saturated carbocycles. The summed E-state index contributed by atoms with van der Waals surface area (Å²) in [5.74, 6) is -0.273. The third-order valence-electron chi connectivity index (χ3n) is 5.38. The van der Waals surface area contributed by atoms with E-state index >= 15 is 0 Å². The number of rotatable bonds is 10. The first kappa shape index (κ1) is 26.1. The van der Waals surface area contributed by atoms with Gasteiger partial charge in [0.2, 0.25) is 0 Å². The molecule has 2 aromatic carbocycles. The van der Waals surface area contributed by atoms with Crippen molar-refractivity contribution in [2.45, 2.75) is 13.0 Å². The molecule has 0 amide bonds. The van der Waals surface area contributed by atoms with Gasteiger partial charge in [0.15, 0.2) is 12.4 Å². The second kappa shape index (κ2) is 11.7. The maximum Gasteiger partial charge on any atom is 0.265 e. The molecule has 0 radical (unpaired) electrons. The maximum absolute atomic E-state index is 10.9. The molecule has 0 aliphatic rings. The first-order valence-corrected chi connectivity index (χ1v) is 12.8. The SMILES string of the molecule is CN(C)c1ccc(C(=N/N=C/c2ccc[n+](CCCS(=O)(=O)O)c2)c2ccc(N(C)C)cc2)cc1. The highest BCUT2D eigenvalue weighted by molar-refractivity contribution is 7.85. The zero-order valence-corrected chi connectivity index (χ0v) is 21.4. The molecule has 0 aliphatic heterocycles. The Morgan fingerprint density at radius 2 is 1.46 bits per heavy atom. The van der Waals surface area contributed by atoms with E-state index in [-0.39, 0.29) is 5.75 Å². The fourth-order valence-electron chi connectivity index (χ4n) is 3.46. The Hall–Kier alpha value is -3.56. The van der Waals surface area contributed by atoms with Crippen LogP contribution in [-0.2, 0) is 16.7 Å². The topological polar surface area (TPSA) is 89.4 Å². The molecule has 0 bridgehead atoms. The van der Waals surface area contributed by atoms with Crippen LogP contribution in [0.3, 0.4) is 0 Å². The highest BCUT2D eigenvalue weighted by atomic mass is 32.2. The molecule has 184 valence electrons. The zero-order chi connectivity index (χ0) is 25.4. The Labute approximate surface area is 207 Å². The van der Waals surface area contributed by atoms with Crippen molar-refractivity contribution in [2.24, 2.45) is 10.2 Å². The Bertz CT molecular complexity index is 1230. The van der Waals surface area contributed by atoms with Crippen LogP contribution in [0.1, 0.15) is 23.1 Å². The molecule has 0 unspecified atom stereocenters. The largest absolute Gasteiger partial charge is 0.378 e. The van der Waals surface area contributed by atoms with Gasteiger partial charge >= 0.3 is 0 Å². The maximum atomic E-state index is 10.9. The lowest BCUT2D eigenvalue weighted by molar-refractivity contribution is -0.696. The van der Waals surface area contributed by atoms with Gasteiger partial charge in [0.1, 0.15) is 12.3 Å². The first-order valence-electron chi connectivity index (χ1n) is 11.2. The average Bonchev–Trinajstić information content (AvgIpc) is 2.81. The predicted octanol–water partition coefficient (Wildman–Crippen LogP) is 3.26.